The summed E-state index contributed by atoms with van der Waals surface area (Å²) in [6, 6.07) is 8.43. The molecule has 0 saturated carbocycles. The highest BCUT2D eigenvalue weighted by atomic mass is 79.9. The third-order valence-electron chi connectivity index (χ3n) is 3.57. The molecule has 1 unspecified atom stereocenters. The molecule has 3 rings (SSSR count). The van der Waals surface area contributed by atoms with Crippen molar-refractivity contribution in [1.29, 1.82) is 0 Å². The molecule has 4 heteroatoms. The second-order valence-electron chi connectivity index (χ2n) is 4.77. The first-order valence-corrected chi connectivity index (χ1v) is 7.03. The van der Waals surface area contributed by atoms with Gasteiger partial charge in [0.2, 0.25) is 0 Å². The Kier molecular flexibility index (Phi) is 3.22. The van der Waals surface area contributed by atoms with E-state index in [0.717, 1.165) is 17.6 Å². The predicted molar refractivity (Wildman–Crippen MR) is 76.6 cm³/mol. The molecule has 2 aromatic rings. The van der Waals surface area contributed by atoms with Crippen LogP contribution in [-0.2, 0) is 7.05 Å². The average Bonchev–Trinajstić information content (AvgIpc) is 2.97. The summed E-state index contributed by atoms with van der Waals surface area (Å²) in [5.41, 5.74) is 3.84. The second kappa shape index (κ2) is 4.86. The first-order chi connectivity index (χ1) is 8.75. The van der Waals surface area contributed by atoms with Gasteiger partial charge >= 0.3 is 0 Å². The number of hydrogen-bond acceptors (Lipinski definition) is 2. The van der Waals surface area contributed by atoms with Crippen molar-refractivity contribution in [3.8, 4) is 11.1 Å². The Morgan fingerprint density at radius 2 is 2.33 bits per heavy atom. The summed E-state index contributed by atoms with van der Waals surface area (Å²) in [7, 11) is 2.04. The average molecular weight is 306 g/mol. The largest absolute Gasteiger partial charge is 0.316 e. The Labute approximate surface area is 115 Å². The highest BCUT2D eigenvalue weighted by molar-refractivity contribution is 9.10. The lowest BCUT2D eigenvalue weighted by Gasteiger charge is -2.12. The van der Waals surface area contributed by atoms with Gasteiger partial charge in [0, 0.05) is 29.5 Å². The molecule has 1 N–H and O–H groups in total. The molecule has 18 heavy (non-hydrogen) atoms. The fraction of sp³-hybridized carbons (Fsp3) is 0.357. The summed E-state index contributed by atoms with van der Waals surface area (Å²) >= 11 is 3.53. The van der Waals surface area contributed by atoms with Crippen LogP contribution >= 0.6 is 15.9 Å². The van der Waals surface area contributed by atoms with Crippen molar-refractivity contribution in [1.82, 2.24) is 15.1 Å². The zero-order valence-electron chi connectivity index (χ0n) is 10.4. The zero-order valence-corrected chi connectivity index (χ0v) is 11.9. The number of rotatable bonds is 2. The van der Waals surface area contributed by atoms with Gasteiger partial charge in [-0.25, -0.2) is 0 Å². The van der Waals surface area contributed by atoms with Crippen LogP contribution in [0.1, 0.15) is 18.0 Å². The van der Waals surface area contributed by atoms with E-state index in [9.17, 15) is 0 Å². The first kappa shape index (κ1) is 11.9. The van der Waals surface area contributed by atoms with Crippen molar-refractivity contribution in [3.05, 3.63) is 40.6 Å². The van der Waals surface area contributed by atoms with E-state index in [0.29, 0.717) is 5.92 Å². The summed E-state index contributed by atoms with van der Waals surface area (Å²) in [6.07, 6.45) is 3.18. The van der Waals surface area contributed by atoms with Crippen LogP contribution in [0.3, 0.4) is 0 Å². The van der Waals surface area contributed by atoms with Crippen molar-refractivity contribution in [2.24, 2.45) is 7.05 Å². The Morgan fingerprint density at radius 1 is 1.44 bits per heavy atom. The van der Waals surface area contributed by atoms with Gasteiger partial charge in [-0.3, -0.25) is 4.68 Å². The number of halogens is 1. The van der Waals surface area contributed by atoms with Gasteiger partial charge in [-0.1, -0.05) is 28.1 Å². The molecular weight excluding hydrogens is 290 g/mol. The van der Waals surface area contributed by atoms with Crippen molar-refractivity contribution < 1.29 is 0 Å². The van der Waals surface area contributed by atoms with Crippen molar-refractivity contribution in [2.45, 2.75) is 12.3 Å². The normalized spacial score (nSPS) is 19.3. The second-order valence-corrected chi connectivity index (χ2v) is 5.68. The van der Waals surface area contributed by atoms with Crippen LogP contribution in [0.25, 0.3) is 11.1 Å². The Balaban J connectivity index is 2.07. The highest BCUT2D eigenvalue weighted by Gasteiger charge is 2.23. The standard InChI is InChI=1S/C14H16BrN3/c1-18-14(11-5-6-16-8-11)13(9-17-18)10-3-2-4-12(15)7-10/h2-4,7,9,11,16H,5-6,8H2,1H3. The molecule has 1 fully saturated rings. The van der Waals surface area contributed by atoms with Crippen LogP contribution in [0, 0.1) is 0 Å². The molecule has 1 aliphatic heterocycles. The van der Waals surface area contributed by atoms with E-state index in [4.69, 9.17) is 0 Å². The SMILES string of the molecule is Cn1ncc(-c2cccc(Br)c2)c1C1CCNC1. The van der Waals surface area contributed by atoms with Gasteiger partial charge in [-0.2, -0.15) is 5.10 Å². The summed E-state index contributed by atoms with van der Waals surface area (Å²) in [4.78, 5) is 0. The van der Waals surface area contributed by atoms with Gasteiger partial charge in [-0.15, -0.1) is 0 Å². The van der Waals surface area contributed by atoms with Crippen LogP contribution in [0.5, 0.6) is 0 Å². The summed E-state index contributed by atoms with van der Waals surface area (Å²) in [5, 5.41) is 7.87. The van der Waals surface area contributed by atoms with Gasteiger partial charge in [0.05, 0.1) is 11.9 Å². The monoisotopic (exact) mass is 305 g/mol. The molecule has 0 radical (unpaired) electrons. The molecule has 3 nitrogen and oxygen atoms in total. The van der Waals surface area contributed by atoms with Gasteiger partial charge < -0.3 is 5.32 Å². The van der Waals surface area contributed by atoms with Crippen molar-refractivity contribution >= 4 is 15.9 Å². The quantitative estimate of drug-likeness (QED) is 0.924. The lowest BCUT2D eigenvalue weighted by molar-refractivity contribution is 0.638. The predicted octanol–water partition coefficient (Wildman–Crippen LogP) is 2.93. The molecular formula is C14H16BrN3. The molecule has 0 spiro atoms. The van der Waals surface area contributed by atoms with Crippen LogP contribution < -0.4 is 5.32 Å². The Bertz CT molecular complexity index is 556. The zero-order chi connectivity index (χ0) is 12.5. The maximum absolute atomic E-state index is 4.44. The fourth-order valence-electron chi connectivity index (χ4n) is 2.70. The molecule has 0 bridgehead atoms. The van der Waals surface area contributed by atoms with E-state index in [-0.39, 0.29) is 0 Å². The van der Waals surface area contributed by atoms with E-state index in [1.807, 2.05) is 17.9 Å². The summed E-state index contributed by atoms with van der Waals surface area (Å²) in [5.74, 6) is 0.575. The topological polar surface area (TPSA) is 29.9 Å². The van der Waals surface area contributed by atoms with Gasteiger partial charge in [0.25, 0.3) is 0 Å². The molecule has 1 atom stereocenters. The van der Waals surface area contributed by atoms with Crippen LogP contribution in [0.4, 0.5) is 0 Å². The maximum atomic E-state index is 4.44. The Hall–Kier alpha value is -1.13. The number of benzene rings is 1. The molecule has 0 aliphatic carbocycles. The molecule has 1 saturated heterocycles. The number of hydrogen-bond donors (Lipinski definition) is 1. The fourth-order valence-corrected chi connectivity index (χ4v) is 3.10. The molecule has 1 aromatic carbocycles. The van der Waals surface area contributed by atoms with Crippen molar-refractivity contribution in [3.63, 3.8) is 0 Å². The molecule has 0 amide bonds. The van der Waals surface area contributed by atoms with Gasteiger partial charge in [0.15, 0.2) is 0 Å². The number of nitrogens with one attached hydrogen (secondary N) is 1. The molecule has 94 valence electrons. The molecule has 1 aromatic heterocycles. The van der Waals surface area contributed by atoms with E-state index < -0.39 is 0 Å². The maximum Gasteiger partial charge on any atom is 0.0571 e. The van der Waals surface area contributed by atoms with Crippen LogP contribution in [0.2, 0.25) is 0 Å². The number of nitrogens with zero attached hydrogens (tertiary/aromatic N) is 2. The Morgan fingerprint density at radius 3 is 3.06 bits per heavy atom. The van der Waals surface area contributed by atoms with E-state index in [1.165, 1.54) is 23.2 Å². The molecule has 1 aliphatic rings. The van der Waals surface area contributed by atoms with E-state index in [2.05, 4.69) is 50.6 Å². The summed E-state index contributed by atoms with van der Waals surface area (Å²) < 4.78 is 3.13. The van der Waals surface area contributed by atoms with Gasteiger partial charge in [-0.05, 0) is 30.7 Å². The molecule has 2 heterocycles. The lowest BCUT2D eigenvalue weighted by Crippen LogP contribution is -2.11. The minimum atomic E-state index is 0.575. The minimum absolute atomic E-state index is 0.575. The first-order valence-electron chi connectivity index (χ1n) is 6.24. The van der Waals surface area contributed by atoms with E-state index >= 15 is 0 Å². The van der Waals surface area contributed by atoms with Gasteiger partial charge in [0.1, 0.15) is 0 Å². The number of aryl methyl sites for hydroxylation is 1. The smallest absolute Gasteiger partial charge is 0.0571 e. The number of aromatic nitrogens is 2. The van der Waals surface area contributed by atoms with Crippen LogP contribution in [0.15, 0.2) is 34.9 Å². The minimum Gasteiger partial charge on any atom is -0.316 e. The third-order valence-corrected chi connectivity index (χ3v) is 4.06. The third kappa shape index (κ3) is 2.10. The van der Waals surface area contributed by atoms with Crippen LogP contribution in [-0.4, -0.2) is 22.9 Å². The van der Waals surface area contributed by atoms with E-state index in [1.54, 1.807) is 0 Å². The summed E-state index contributed by atoms with van der Waals surface area (Å²) in [6.45, 7) is 2.16. The highest BCUT2D eigenvalue weighted by Crippen LogP contribution is 2.33. The van der Waals surface area contributed by atoms with Crippen molar-refractivity contribution in [2.75, 3.05) is 13.1 Å². The lowest BCUT2D eigenvalue weighted by atomic mass is 9.97.